The van der Waals surface area contributed by atoms with Crippen LogP contribution in [0.2, 0.25) is 5.15 Å². The normalized spacial score (nSPS) is 12.2. The molecule has 0 bridgehead atoms. The van der Waals surface area contributed by atoms with Crippen LogP contribution in [0.1, 0.15) is 25.1 Å². The summed E-state index contributed by atoms with van der Waals surface area (Å²) in [6.07, 6.45) is 3.00. The number of esters is 1. The van der Waals surface area contributed by atoms with Crippen molar-refractivity contribution in [1.29, 1.82) is 0 Å². The Morgan fingerprint density at radius 3 is 2.57 bits per heavy atom. The molecule has 1 aromatic heterocycles. The largest absolute Gasteiger partial charge is 0.469 e. The SMILES string of the molecule is CCN(CC(C)C(=O)OC)C(=O)/C=C/c1c(C)nn(-c2ccc(F)cc2)c1Cl. The molecule has 0 aliphatic carbocycles. The monoisotopic (exact) mass is 407 g/mol. The number of carbonyl (C=O) groups excluding carboxylic acids is 2. The van der Waals surface area contributed by atoms with E-state index in [1.807, 2.05) is 6.92 Å². The molecular formula is C20H23ClFN3O3. The number of amides is 1. The molecule has 1 unspecified atom stereocenters. The van der Waals surface area contributed by atoms with Gasteiger partial charge in [0, 0.05) is 24.7 Å². The second-order valence-electron chi connectivity index (χ2n) is 6.31. The van der Waals surface area contributed by atoms with Crippen molar-refractivity contribution in [1.82, 2.24) is 14.7 Å². The van der Waals surface area contributed by atoms with E-state index in [0.29, 0.717) is 28.6 Å². The van der Waals surface area contributed by atoms with Crippen LogP contribution in [0.5, 0.6) is 0 Å². The molecule has 28 heavy (non-hydrogen) atoms. The molecule has 0 spiro atoms. The number of halogens is 2. The van der Waals surface area contributed by atoms with Crippen molar-refractivity contribution < 1.29 is 18.7 Å². The zero-order valence-corrected chi connectivity index (χ0v) is 17.0. The summed E-state index contributed by atoms with van der Waals surface area (Å²) in [6, 6.07) is 5.78. The van der Waals surface area contributed by atoms with E-state index in [1.54, 1.807) is 37.0 Å². The topological polar surface area (TPSA) is 64.4 Å². The summed E-state index contributed by atoms with van der Waals surface area (Å²) in [5, 5.41) is 4.68. The molecule has 8 heteroatoms. The molecule has 2 aromatic rings. The van der Waals surface area contributed by atoms with Crippen molar-refractivity contribution in [3.05, 3.63) is 52.6 Å². The number of benzene rings is 1. The van der Waals surface area contributed by atoms with Gasteiger partial charge in [-0.1, -0.05) is 18.5 Å². The third-order valence-electron chi connectivity index (χ3n) is 4.30. The Morgan fingerprint density at radius 2 is 2.00 bits per heavy atom. The van der Waals surface area contributed by atoms with Crippen LogP contribution in [-0.4, -0.2) is 46.8 Å². The lowest BCUT2D eigenvalue weighted by atomic mass is 10.1. The van der Waals surface area contributed by atoms with Crippen molar-refractivity contribution in [3.8, 4) is 5.69 Å². The van der Waals surface area contributed by atoms with E-state index in [4.69, 9.17) is 16.3 Å². The van der Waals surface area contributed by atoms with Gasteiger partial charge in [-0.05, 0) is 44.2 Å². The minimum Gasteiger partial charge on any atom is -0.469 e. The van der Waals surface area contributed by atoms with Crippen LogP contribution in [-0.2, 0) is 14.3 Å². The van der Waals surface area contributed by atoms with E-state index in [9.17, 15) is 14.0 Å². The number of hydrogen-bond donors (Lipinski definition) is 0. The predicted molar refractivity (Wildman–Crippen MR) is 106 cm³/mol. The Labute approximate surface area is 168 Å². The van der Waals surface area contributed by atoms with E-state index >= 15 is 0 Å². The Bertz CT molecular complexity index is 878. The highest BCUT2D eigenvalue weighted by molar-refractivity contribution is 6.31. The minimum atomic E-state index is -0.422. The van der Waals surface area contributed by atoms with Crippen LogP contribution in [0.4, 0.5) is 4.39 Å². The first kappa shape index (κ1) is 21.6. The first-order valence-corrected chi connectivity index (χ1v) is 9.22. The fraction of sp³-hybridized carbons (Fsp3) is 0.350. The summed E-state index contributed by atoms with van der Waals surface area (Å²) in [7, 11) is 1.32. The quantitative estimate of drug-likeness (QED) is 0.519. The van der Waals surface area contributed by atoms with Crippen molar-refractivity contribution >= 4 is 29.6 Å². The number of carbonyl (C=O) groups is 2. The molecule has 1 heterocycles. The Kier molecular flexibility index (Phi) is 7.34. The lowest BCUT2D eigenvalue weighted by Gasteiger charge is -2.22. The third-order valence-corrected chi connectivity index (χ3v) is 4.67. The van der Waals surface area contributed by atoms with Gasteiger partial charge in [-0.3, -0.25) is 9.59 Å². The molecule has 0 N–H and O–H groups in total. The molecule has 150 valence electrons. The molecule has 0 saturated carbocycles. The van der Waals surface area contributed by atoms with Gasteiger partial charge in [0.05, 0.1) is 24.4 Å². The summed E-state index contributed by atoms with van der Waals surface area (Å²) >= 11 is 6.41. The molecule has 0 saturated heterocycles. The van der Waals surface area contributed by atoms with Crippen LogP contribution >= 0.6 is 11.6 Å². The lowest BCUT2D eigenvalue weighted by molar-refractivity contribution is -0.146. The van der Waals surface area contributed by atoms with E-state index in [1.165, 1.54) is 30.0 Å². The van der Waals surface area contributed by atoms with E-state index in [0.717, 1.165) is 0 Å². The molecule has 1 aromatic carbocycles. The zero-order chi connectivity index (χ0) is 20.8. The summed E-state index contributed by atoms with van der Waals surface area (Å²) in [6.45, 7) is 6.02. The van der Waals surface area contributed by atoms with Gasteiger partial charge < -0.3 is 9.64 Å². The number of nitrogens with zero attached hydrogens (tertiary/aromatic N) is 3. The first-order valence-electron chi connectivity index (χ1n) is 8.84. The second-order valence-corrected chi connectivity index (χ2v) is 6.67. The number of ether oxygens (including phenoxy) is 1. The first-order chi connectivity index (χ1) is 13.3. The van der Waals surface area contributed by atoms with Gasteiger partial charge in [0.15, 0.2) is 0 Å². The number of likely N-dealkylation sites (N-methyl/N-ethyl adjacent to an activating group) is 1. The molecule has 0 radical (unpaired) electrons. The summed E-state index contributed by atoms with van der Waals surface area (Å²) < 4.78 is 19.3. The lowest BCUT2D eigenvalue weighted by Crippen LogP contribution is -2.36. The highest BCUT2D eigenvalue weighted by Crippen LogP contribution is 2.25. The summed E-state index contributed by atoms with van der Waals surface area (Å²) in [5.74, 6) is -1.39. The second kappa shape index (κ2) is 9.50. The zero-order valence-electron chi connectivity index (χ0n) is 16.3. The van der Waals surface area contributed by atoms with Gasteiger partial charge >= 0.3 is 5.97 Å². The van der Waals surface area contributed by atoms with Crippen LogP contribution in [0.25, 0.3) is 11.8 Å². The standard InChI is InChI=1S/C20H23ClFN3O3/c1-5-24(12-13(2)20(27)28-4)18(26)11-10-17-14(3)23-25(19(17)21)16-8-6-15(22)7-9-16/h6-11,13H,5,12H2,1-4H3/b11-10+. The van der Waals surface area contributed by atoms with Gasteiger partial charge in [-0.2, -0.15) is 5.10 Å². The molecule has 0 aliphatic heterocycles. The molecule has 1 atom stereocenters. The number of aryl methyl sites for hydroxylation is 1. The van der Waals surface area contributed by atoms with Gasteiger partial charge in [0.2, 0.25) is 5.91 Å². The average Bonchev–Trinajstić information content (AvgIpc) is 2.97. The number of aromatic nitrogens is 2. The van der Waals surface area contributed by atoms with Crippen molar-refractivity contribution in [3.63, 3.8) is 0 Å². The maximum absolute atomic E-state index is 13.1. The smallest absolute Gasteiger partial charge is 0.310 e. The predicted octanol–water partition coefficient (Wildman–Crippen LogP) is 3.64. The maximum Gasteiger partial charge on any atom is 0.310 e. The number of rotatable bonds is 7. The Balaban J connectivity index is 2.20. The van der Waals surface area contributed by atoms with Crippen molar-refractivity contribution in [2.45, 2.75) is 20.8 Å². The van der Waals surface area contributed by atoms with Gasteiger partial charge in [0.1, 0.15) is 11.0 Å². The van der Waals surface area contributed by atoms with E-state index < -0.39 is 5.92 Å². The third kappa shape index (κ3) is 4.98. The van der Waals surface area contributed by atoms with Crippen molar-refractivity contribution in [2.75, 3.05) is 20.2 Å². The summed E-state index contributed by atoms with van der Waals surface area (Å²) in [5.41, 5.74) is 1.84. The van der Waals surface area contributed by atoms with Crippen LogP contribution < -0.4 is 0 Å². The number of hydrogen-bond acceptors (Lipinski definition) is 4. The fourth-order valence-electron chi connectivity index (χ4n) is 2.70. The fourth-order valence-corrected chi connectivity index (χ4v) is 3.03. The maximum atomic E-state index is 13.1. The van der Waals surface area contributed by atoms with Gasteiger partial charge in [0.25, 0.3) is 0 Å². The molecule has 0 aliphatic rings. The van der Waals surface area contributed by atoms with E-state index in [2.05, 4.69) is 5.10 Å². The average molecular weight is 408 g/mol. The summed E-state index contributed by atoms with van der Waals surface area (Å²) in [4.78, 5) is 25.6. The van der Waals surface area contributed by atoms with Crippen LogP contribution in [0.15, 0.2) is 30.3 Å². The number of methoxy groups -OCH3 is 1. The van der Waals surface area contributed by atoms with E-state index in [-0.39, 0.29) is 24.2 Å². The molecule has 0 fully saturated rings. The molecule has 2 rings (SSSR count). The minimum absolute atomic E-state index is 0.247. The van der Waals surface area contributed by atoms with Gasteiger partial charge in [-0.25, -0.2) is 9.07 Å². The van der Waals surface area contributed by atoms with Crippen LogP contribution in [0, 0.1) is 18.7 Å². The molecule has 6 nitrogen and oxygen atoms in total. The Morgan fingerprint density at radius 1 is 1.36 bits per heavy atom. The van der Waals surface area contributed by atoms with Crippen LogP contribution in [0.3, 0.4) is 0 Å². The highest BCUT2D eigenvalue weighted by atomic mass is 35.5. The highest BCUT2D eigenvalue weighted by Gasteiger charge is 2.19. The van der Waals surface area contributed by atoms with Gasteiger partial charge in [-0.15, -0.1) is 0 Å². The molecular weight excluding hydrogens is 385 g/mol. The molecule has 1 amide bonds. The Hall–Kier alpha value is -2.67. The van der Waals surface area contributed by atoms with Crippen molar-refractivity contribution in [2.24, 2.45) is 5.92 Å².